The van der Waals surface area contributed by atoms with Gasteiger partial charge in [-0.05, 0) is 42.8 Å². The maximum absolute atomic E-state index is 12.5. The lowest BCUT2D eigenvalue weighted by atomic mass is 9.95. The van der Waals surface area contributed by atoms with Gasteiger partial charge in [0, 0.05) is 16.1 Å². The number of carbonyl (C=O) groups excluding carboxylic acids is 1. The largest absolute Gasteiger partial charge is 0.624 e. The molecule has 2 aromatic carbocycles. The third-order valence-corrected chi connectivity index (χ3v) is 3.74. The first kappa shape index (κ1) is 16.2. The Labute approximate surface area is 135 Å². The van der Waals surface area contributed by atoms with E-state index in [1.165, 1.54) is 6.21 Å². The van der Waals surface area contributed by atoms with Gasteiger partial charge in [0.05, 0.1) is 5.92 Å². The van der Waals surface area contributed by atoms with E-state index in [2.05, 4.69) is 0 Å². The Morgan fingerprint density at radius 1 is 1.18 bits per heavy atom. The van der Waals surface area contributed by atoms with Crippen LogP contribution < -0.4 is 0 Å². The molecule has 0 amide bonds. The molecule has 2 rings (SSSR count). The summed E-state index contributed by atoms with van der Waals surface area (Å²) in [5.41, 5.74) is 1.41. The van der Waals surface area contributed by atoms with Crippen LogP contribution in [0.5, 0.6) is 0 Å². The van der Waals surface area contributed by atoms with Crippen molar-refractivity contribution < 1.29 is 9.53 Å². The van der Waals surface area contributed by atoms with Crippen molar-refractivity contribution in [2.24, 2.45) is 5.92 Å². The molecule has 1 atom stereocenters. The van der Waals surface area contributed by atoms with Crippen LogP contribution in [0.25, 0.3) is 0 Å². The van der Waals surface area contributed by atoms with Crippen molar-refractivity contribution in [2.75, 3.05) is 6.54 Å². The summed E-state index contributed by atoms with van der Waals surface area (Å²) < 4.78 is 0.831. The number of rotatable bonds is 6. The number of carbonyl (C=O) groups is 1. The van der Waals surface area contributed by atoms with E-state index in [-0.39, 0.29) is 18.2 Å². The highest BCUT2D eigenvalue weighted by Crippen LogP contribution is 2.16. The van der Waals surface area contributed by atoms with Crippen molar-refractivity contribution in [3.05, 3.63) is 76.0 Å². The second kappa shape index (κ2) is 7.76. The van der Waals surface area contributed by atoms with E-state index in [1.807, 2.05) is 37.3 Å². The normalized spacial score (nSPS) is 12.9. The summed E-state index contributed by atoms with van der Waals surface area (Å²) in [6, 6.07) is 16.1. The number of hydrogen-bond acceptors (Lipinski definition) is 2. The van der Waals surface area contributed by atoms with E-state index in [0.29, 0.717) is 17.0 Å². The zero-order valence-corrected chi connectivity index (χ0v) is 13.2. The molecule has 0 radical (unpaired) electrons. The van der Waals surface area contributed by atoms with Gasteiger partial charge in [0.25, 0.3) is 0 Å². The third-order valence-electron chi connectivity index (χ3n) is 3.49. The van der Waals surface area contributed by atoms with Gasteiger partial charge in [-0.2, -0.15) is 0 Å². The van der Waals surface area contributed by atoms with Gasteiger partial charge in [-0.3, -0.25) is 4.79 Å². The molecule has 0 heterocycles. The Kier molecular flexibility index (Phi) is 5.73. The molecule has 0 fully saturated rings. The molecular formula is C18H18ClNO2. The van der Waals surface area contributed by atoms with Gasteiger partial charge in [0.1, 0.15) is 0 Å². The van der Waals surface area contributed by atoms with Crippen molar-refractivity contribution in [3.8, 4) is 0 Å². The van der Waals surface area contributed by atoms with Crippen molar-refractivity contribution in [2.45, 2.75) is 13.3 Å². The van der Waals surface area contributed by atoms with Gasteiger partial charge in [0.2, 0.25) is 0 Å². The fourth-order valence-electron chi connectivity index (χ4n) is 2.22. The van der Waals surface area contributed by atoms with E-state index in [4.69, 9.17) is 11.6 Å². The molecule has 114 valence electrons. The van der Waals surface area contributed by atoms with E-state index >= 15 is 0 Å². The average molecular weight is 316 g/mol. The zero-order valence-electron chi connectivity index (χ0n) is 12.4. The monoisotopic (exact) mass is 315 g/mol. The second-order valence-electron chi connectivity index (χ2n) is 5.12. The minimum Gasteiger partial charge on any atom is -0.624 e. The molecule has 4 heteroatoms. The number of benzene rings is 2. The first-order valence-corrected chi connectivity index (χ1v) is 7.61. The highest BCUT2D eigenvalue weighted by molar-refractivity contribution is 6.30. The Bertz CT molecular complexity index is 651. The highest BCUT2D eigenvalue weighted by Gasteiger charge is 2.21. The Morgan fingerprint density at radius 2 is 1.82 bits per heavy atom. The van der Waals surface area contributed by atoms with Crippen LogP contribution in [0, 0.1) is 11.1 Å². The summed E-state index contributed by atoms with van der Waals surface area (Å²) in [5.74, 6) is -0.361. The van der Waals surface area contributed by atoms with Crippen molar-refractivity contribution >= 4 is 23.6 Å². The van der Waals surface area contributed by atoms with Gasteiger partial charge in [-0.15, -0.1) is 0 Å². The van der Waals surface area contributed by atoms with E-state index in [9.17, 15) is 10.0 Å². The molecule has 0 spiro atoms. The molecule has 0 bridgehead atoms. The lowest BCUT2D eigenvalue weighted by Gasteiger charge is -2.13. The Balaban J connectivity index is 2.10. The molecule has 0 saturated carbocycles. The summed E-state index contributed by atoms with van der Waals surface area (Å²) in [7, 11) is 0. The van der Waals surface area contributed by atoms with Crippen LogP contribution in [0.15, 0.2) is 54.6 Å². The van der Waals surface area contributed by atoms with Crippen LogP contribution in [0.1, 0.15) is 29.3 Å². The lowest BCUT2D eigenvalue weighted by Crippen LogP contribution is -2.24. The average Bonchev–Trinajstić information content (AvgIpc) is 2.53. The van der Waals surface area contributed by atoms with Gasteiger partial charge in [-0.1, -0.05) is 36.7 Å². The standard InChI is InChI=1S/C18H18ClNO2/c1-2-15(18(21)16-8-10-17(19)11-9-16)13-20(22)12-14-6-4-3-5-7-14/h3-12,15H,2,13H2,1H3. The van der Waals surface area contributed by atoms with Crippen LogP contribution >= 0.6 is 11.6 Å². The molecule has 0 aliphatic heterocycles. The number of nitrogens with zero attached hydrogens (tertiary/aromatic N) is 1. The molecule has 0 aliphatic rings. The van der Waals surface area contributed by atoms with Gasteiger partial charge >= 0.3 is 0 Å². The maximum Gasteiger partial charge on any atom is 0.181 e. The molecule has 0 aromatic heterocycles. The van der Waals surface area contributed by atoms with Crippen LogP contribution in [-0.2, 0) is 0 Å². The summed E-state index contributed by atoms with van der Waals surface area (Å²) in [6.07, 6.45) is 2.13. The fraction of sp³-hybridized carbons (Fsp3) is 0.222. The smallest absolute Gasteiger partial charge is 0.181 e. The van der Waals surface area contributed by atoms with Gasteiger partial charge < -0.3 is 5.21 Å². The van der Waals surface area contributed by atoms with E-state index in [0.717, 1.165) is 10.3 Å². The molecular weight excluding hydrogens is 298 g/mol. The molecule has 0 aliphatic carbocycles. The number of hydrogen-bond donors (Lipinski definition) is 0. The number of Topliss-reactive ketones (excluding diaryl/α,β-unsaturated/α-hetero) is 1. The first-order valence-electron chi connectivity index (χ1n) is 7.23. The highest BCUT2D eigenvalue weighted by atomic mass is 35.5. The molecule has 3 nitrogen and oxygen atoms in total. The number of hydroxylamine groups is 1. The number of halogens is 1. The van der Waals surface area contributed by atoms with Crippen molar-refractivity contribution in [1.29, 1.82) is 0 Å². The summed E-state index contributed by atoms with van der Waals surface area (Å²) in [5, 5.41) is 12.6. The predicted molar refractivity (Wildman–Crippen MR) is 89.7 cm³/mol. The van der Waals surface area contributed by atoms with Crippen LogP contribution in [0.2, 0.25) is 5.02 Å². The topological polar surface area (TPSA) is 43.1 Å². The summed E-state index contributed by atoms with van der Waals surface area (Å²) in [6.45, 7) is 2.06. The van der Waals surface area contributed by atoms with E-state index < -0.39 is 0 Å². The molecule has 1 unspecified atom stereocenters. The van der Waals surface area contributed by atoms with Crippen molar-refractivity contribution in [3.63, 3.8) is 0 Å². The Hall–Kier alpha value is -2.13. The van der Waals surface area contributed by atoms with Crippen LogP contribution in [0.4, 0.5) is 0 Å². The Morgan fingerprint density at radius 3 is 2.41 bits per heavy atom. The quantitative estimate of drug-likeness (QED) is 0.264. The molecule has 2 aromatic rings. The van der Waals surface area contributed by atoms with Crippen molar-refractivity contribution in [1.82, 2.24) is 0 Å². The van der Waals surface area contributed by atoms with Crippen LogP contribution in [0.3, 0.4) is 0 Å². The van der Waals surface area contributed by atoms with E-state index in [1.54, 1.807) is 24.3 Å². The third kappa shape index (κ3) is 4.43. The predicted octanol–water partition coefficient (Wildman–Crippen LogP) is 4.18. The minimum absolute atomic E-state index is 0.0264. The van der Waals surface area contributed by atoms with Crippen LogP contribution in [-0.4, -0.2) is 23.3 Å². The fourth-order valence-corrected chi connectivity index (χ4v) is 2.35. The molecule has 22 heavy (non-hydrogen) atoms. The minimum atomic E-state index is -0.335. The lowest BCUT2D eigenvalue weighted by molar-refractivity contribution is -0.458. The number of ketones is 1. The van der Waals surface area contributed by atoms with Gasteiger partial charge in [-0.25, -0.2) is 4.74 Å². The summed E-state index contributed by atoms with van der Waals surface area (Å²) >= 11 is 5.83. The second-order valence-corrected chi connectivity index (χ2v) is 5.55. The zero-order chi connectivity index (χ0) is 15.9. The van der Waals surface area contributed by atoms with Gasteiger partial charge in [0.15, 0.2) is 18.5 Å². The SMILES string of the molecule is CCC(C[N+]([O-])=Cc1ccccc1)C(=O)c1ccc(Cl)cc1. The maximum atomic E-state index is 12.5. The molecule has 0 saturated heterocycles. The summed E-state index contributed by atoms with van der Waals surface area (Å²) in [4.78, 5) is 12.5. The first-order chi connectivity index (χ1) is 10.6. The molecule has 0 N–H and O–H groups in total.